The van der Waals surface area contributed by atoms with Crippen molar-refractivity contribution in [3.63, 3.8) is 0 Å². The monoisotopic (exact) mass is 358 g/mol. The lowest BCUT2D eigenvalue weighted by atomic mass is 10.1. The maximum atomic E-state index is 13.3. The van der Waals surface area contributed by atoms with Gasteiger partial charge in [-0.2, -0.15) is 0 Å². The molecule has 1 aromatic rings. The number of nitrogens with zero attached hydrogens (tertiary/aromatic N) is 1. The first-order valence-electron chi connectivity index (χ1n) is 7.57. The summed E-state index contributed by atoms with van der Waals surface area (Å²) in [5.74, 6) is -4.02. The summed E-state index contributed by atoms with van der Waals surface area (Å²) in [6.07, 6.45) is -4.07. The zero-order chi connectivity index (χ0) is 18.7. The second-order valence-corrected chi connectivity index (χ2v) is 5.87. The van der Waals surface area contributed by atoms with Gasteiger partial charge in [-0.15, -0.1) is 0 Å². The van der Waals surface area contributed by atoms with Crippen LogP contribution in [0.4, 0.5) is 18.9 Å². The molecule has 6 nitrogen and oxygen atoms in total. The lowest BCUT2D eigenvalue weighted by molar-refractivity contribution is -0.143. The number of halogens is 3. The van der Waals surface area contributed by atoms with Crippen molar-refractivity contribution in [2.24, 2.45) is 5.92 Å². The zero-order valence-electron chi connectivity index (χ0n) is 13.3. The first kappa shape index (κ1) is 18.8. The molecule has 0 radical (unpaired) electrons. The number of nitrogens with one attached hydrogen (secondary N) is 1. The van der Waals surface area contributed by atoms with Gasteiger partial charge in [-0.25, -0.2) is 18.0 Å². The first-order chi connectivity index (χ1) is 11.7. The van der Waals surface area contributed by atoms with Crippen molar-refractivity contribution in [1.82, 2.24) is 5.32 Å². The van der Waals surface area contributed by atoms with Crippen molar-refractivity contribution < 1.29 is 32.7 Å². The van der Waals surface area contributed by atoms with Crippen molar-refractivity contribution in [3.8, 4) is 0 Å². The van der Waals surface area contributed by atoms with Crippen LogP contribution in [0.1, 0.15) is 18.4 Å². The van der Waals surface area contributed by atoms with Gasteiger partial charge in [0.2, 0.25) is 18.2 Å². The number of alkyl halides is 2. The minimum absolute atomic E-state index is 0.0310. The fourth-order valence-corrected chi connectivity index (χ4v) is 2.62. The van der Waals surface area contributed by atoms with Gasteiger partial charge in [0.25, 0.3) is 0 Å². The quantitative estimate of drug-likeness (QED) is 0.811. The normalized spacial score (nSPS) is 18.5. The van der Waals surface area contributed by atoms with Gasteiger partial charge in [-0.3, -0.25) is 9.59 Å². The number of carbonyl (C=O) groups is 3. The molecule has 2 unspecified atom stereocenters. The maximum absolute atomic E-state index is 13.3. The van der Waals surface area contributed by atoms with E-state index in [1.54, 1.807) is 0 Å². The Morgan fingerprint density at radius 2 is 2.08 bits per heavy atom. The van der Waals surface area contributed by atoms with E-state index in [1.807, 2.05) is 5.32 Å². The van der Waals surface area contributed by atoms with Crippen LogP contribution in [0.2, 0.25) is 0 Å². The Morgan fingerprint density at radius 1 is 1.40 bits per heavy atom. The average molecular weight is 358 g/mol. The van der Waals surface area contributed by atoms with Crippen LogP contribution in [-0.4, -0.2) is 41.9 Å². The SMILES string of the molecule is Cc1cc(N2CC(C(=O)NC(CC(F)F)C(=O)O)CC2=O)ccc1F. The van der Waals surface area contributed by atoms with Crippen molar-refractivity contribution in [2.45, 2.75) is 32.2 Å². The molecule has 136 valence electrons. The minimum atomic E-state index is -2.88. The Bertz CT molecular complexity index is 696. The molecule has 1 heterocycles. The second-order valence-electron chi connectivity index (χ2n) is 5.87. The molecule has 1 aliphatic rings. The molecule has 1 aromatic carbocycles. The summed E-state index contributed by atoms with van der Waals surface area (Å²) in [5.41, 5.74) is 0.752. The molecule has 2 rings (SSSR count). The zero-order valence-corrected chi connectivity index (χ0v) is 13.3. The number of hydrogen-bond acceptors (Lipinski definition) is 3. The van der Waals surface area contributed by atoms with Gasteiger partial charge in [-0.05, 0) is 30.7 Å². The summed E-state index contributed by atoms with van der Waals surface area (Å²) in [4.78, 5) is 36.5. The summed E-state index contributed by atoms with van der Waals surface area (Å²) in [7, 11) is 0. The molecule has 0 aromatic heterocycles. The highest BCUT2D eigenvalue weighted by Crippen LogP contribution is 2.27. The van der Waals surface area contributed by atoms with Crippen LogP contribution in [0.15, 0.2) is 18.2 Å². The second kappa shape index (κ2) is 7.54. The summed E-state index contributed by atoms with van der Waals surface area (Å²) >= 11 is 0. The largest absolute Gasteiger partial charge is 0.480 e. The predicted octanol–water partition coefficient (Wildman–Crippen LogP) is 1.71. The number of benzene rings is 1. The highest BCUT2D eigenvalue weighted by molar-refractivity contribution is 6.00. The van der Waals surface area contributed by atoms with Gasteiger partial charge in [0.1, 0.15) is 11.9 Å². The topological polar surface area (TPSA) is 86.7 Å². The first-order valence-corrected chi connectivity index (χ1v) is 7.57. The Hall–Kier alpha value is -2.58. The Balaban J connectivity index is 2.06. The highest BCUT2D eigenvalue weighted by atomic mass is 19.3. The van der Waals surface area contributed by atoms with Crippen molar-refractivity contribution in [2.75, 3.05) is 11.4 Å². The van der Waals surface area contributed by atoms with Crippen LogP contribution in [0.5, 0.6) is 0 Å². The summed E-state index contributed by atoms with van der Waals surface area (Å²) in [5, 5.41) is 10.9. The van der Waals surface area contributed by atoms with Gasteiger partial charge in [-0.1, -0.05) is 0 Å². The number of carboxylic acid groups (broad SMARTS) is 1. The van der Waals surface area contributed by atoms with Crippen LogP contribution in [0, 0.1) is 18.7 Å². The van der Waals surface area contributed by atoms with Crippen LogP contribution < -0.4 is 10.2 Å². The minimum Gasteiger partial charge on any atom is -0.480 e. The van der Waals surface area contributed by atoms with E-state index in [0.717, 1.165) is 0 Å². The molecule has 25 heavy (non-hydrogen) atoms. The molecule has 2 amide bonds. The molecule has 2 N–H and O–H groups in total. The third-order valence-corrected chi connectivity index (χ3v) is 3.98. The lowest BCUT2D eigenvalue weighted by Gasteiger charge is -2.19. The Kier molecular flexibility index (Phi) is 5.66. The fourth-order valence-electron chi connectivity index (χ4n) is 2.62. The fraction of sp³-hybridized carbons (Fsp3) is 0.438. The molecule has 1 fully saturated rings. The molecule has 2 atom stereocenters. The van der Waals surface area contributed by atoms with Gasteiger partial charge in [0.15, 0.2) is 0 Å². The Labute approximate surface area is 141 Å². The molecule has 1 aliphatic heterocycles. The number of carboxylic acids is 1. The highest BCUT2D eigenvalue weighted by Gasteiger charge is 2.37. The van der Waals surface area contributed by atoms with E-state index in [4.69, 9.17) is 5.11 Å². The van der Waals surface area contributed by atoms with Crippen molar-refractivity contribution in [1.29, 1.82) is 0 Å². The smallest absolute Gasteiger partial charge is 0.326 e. The van der Waals surface area contributed by atoms with Gasteiger partial charge in [0, 0.05) is 25.1 Å². The molecule has 0 saturated carbocycles. The van der Waals surface area contributed by atoms with E-state index < -0.39 is 42.5 Å². The number of aliphatic carboxylic acids is 1. The summed E-state index contributed by atoms with van der Waals surface area (Å²) in [6.45, 7) is 1.50. The van der Waals surface area contributed by atoms with E-state index in [2.05, 4.69) is 0 Å². The van der Waals surface area contributed by atoms with Crippen LogP contribution in [-0.2, 0) is 14.4 Å². The van der Waals surface area contributed by atoms with E-state index in [-0.39, 0.29) is 18.9 Å². The number of amides is 2. The molecule has 0 spiro atoms. The molecular formula is C16H17F3N2O4. The van der Waals surface area contributed by atoms with Gasteiger partial charge < -0.3 is 15.3 Å². The molecule has 9 heteroatoms. The summed E-state index contributed by atoms with van der Waals surface area (Å²) in [6, 6.07) is 2.35. The number of hydrogen-bond donors (Lipinski definition) is 2. The molecular weight excluding hydrogens is 341 g/mol. The number of rotatable bonds is 6. The van der Waals surface area contributed by atoms with Crippen LogP contribution in [0.25, 0.3) is 0 Å². The lowest BCUT2D eigenvalue weighted by Crippen LogP contribution is -2.45. The maximum Gasteiger partial charge on any atom is 0.326 e. The number of aryl methyl sites for hydroxylation is 1. The predicted molar refractivity (Wildman–Crippen MR) is 81.8 cm³/mol. The van der Waals surface area contributed by atoms with Crippen molar-refractivity contribution >= 4 is 23.5 Å². The van der Waals surface area contributed by atoms with Crippen molar-refractivity contribution in [3.05, 3.63) is 29.6 Å². The van der Waals surface area contributed by atoms with E-state index in [1.165, 1.54) is 30.0 Å². The standard InChI is InChI=1S/C16H17F3N2O4/c1-8-4-10(2-3-11(8)17)21-7-9(5-14(21)22)15(23)20-12(16(24)25)6-13(18)19/h2-4,9,12-13H,5-7H2,1H3,(H,20,23)(H,24,25). The molecule has 0 aliphatic carbocycles. The Morgan fingerprint density at radius 3 is 2.64 bits per heavy atom. The van der Waals surface area contributed by atoms with Gasteiger partial charge >= 0.3 is 5.97 Å². The van der Waals surface area contributed by atoms with E-state index >= 15 is 0 Å². The van der Waals surface area contributed by atoms with E-state index in [9.17, 15) is 27.6 Å². The average Bonchev–Trinajstić information content (AvgIpc) is 2.91. The number of carbonyl (C=O) groups excluding carboxylic acids is 2. The molecule has 0 bridgehead atoms. The molecule has 1 saturated heterocycles. The van der Waals surface area contributed by atoms with E-state index in [0.29, 0.717) is 11.3 Å². The van der Waals surface area contributed by atoms with Crippen LogP contribution >= 0.6 is 0 Å². The third kappa shape index (κ3) is 4.49. The van der Waals surface area contributed by atoms with Crippen LogP contribution in [0.3, 0.4) is 0 Å². The number of anilines is 1. The van der Waals surface area contributed by atoms with Gasteiger partial charge in [0.05, 0.1) is 5.92 Å². The third-order valence-electron chi connectivity index (χ3n) is 3.98. The summed E-state index contributed by atoms with van der Waals surface area (Å²) < 4.78 is 38.1.